The third-order valence-electron chi connectivity index (χ3n) is 4.57. The number of hydrogen-bond donors (Lipinski definition) is 3. The molecule has 156 valence electrons. The molecule has 7 nitrogen and oxygen atoms in total. The molecule has 1 aromatic carbocycles. The third kappa shape index (κ3) is 5.98. The summed E-state index contributed by atoms with van der Waals surface area (Å²) in [4.78, 5) is 24.4. The Morgan fingerprint density at radius 3 is 2.61 bits per heavy atom. The minimum absolute atomic E-state index is 0.0197. The maximum absolute atomic E-state index is 13.5. The highest BCUT2D eigenvalue weighted by molar-refractivity contribution is 5.82. The molecule has 1 heterocycles. The fourth-order valence-electron chi connectivity index (χ4n) is 2.82. The van der Waals surface area contributed by atoms with Gasteiger partial charge in [-0.05, 0) is 26.3 Å². The Morgan fingerprint density at radius 2 is 1.93 bits per heavy atom. The van der Waals surface area contributed by atoms with Crippen LogP contribution in [-0.2, 0) is 25.6 Å². The van der Waals surface area contributed by atoms with Gasteiger partial charge in [-0.15, -0.1) is 0 Å². The number of nitrogens with one attached hydrogen (secondary N) is 2. The first-order valence-electron chi connectivity index (χ1n) is 9.30. The van der Waals surface area contributed by atoms with E-state index in [-0.39, 0.29) is 25.4 Å². The average Bonchev–Trinajstić information content (AvgIpc) is 2.62. The molecular formula is C20H29FN2O5. The second-order valence-electron chi connectivity index (χ2n) is 8.08. The van der Waals surface area contributed by atoms with Crippen molar-refractivity contribution in [3.05, 3.63) is 35.6 Å². The van der Waals surface area contributed by atoms with Crippen molar-refractivity contribution in [2.45, 2.75) is 58.7 Å². The van der Waals surface area contributed by atoms with E-state index in [0.29, 0.717) is 12.2 Å². The number of ether oxygens (including phenoxy) is 2. The van der Waals surface area contributed by atoms with Crippen LogP contribution in [0.3, 0.4) is 0 Å². The molecule has 1 saturated heterocycles. The SMILES string of the molecule is CC1(C)OCC(C)(C)C(C(=O)NCCC(O)C(=O)NCc2ccccc2F)O1. The predicted octanol–water partition coefficient (Wildman–Crippen LogP) is 1.49. The lowest BCUT2D eigenvalue weighted by atomic mass is 9.85. The Morgan fingerprint density at radius 1 is 1.25 bits per heavy atom. The molecule has 3 N–H and O–H groups in total. The summed E-state index contributed by atoms with van der Waals surface area (Å²) in [6.45, 7) is 7.69. The number of halogens is 1. The molecule has 8 heteroatoms. The molecule has 0 aromatic heterocycles. The van der Waals surface area contributed by atoms with Gasteiger partial charge in [0, 0.05) is 24.1 Å². The van der Waals surface area contributed by atoms with Gasteiger partial charge in [0.15, 0.2) is 5.79 Å². The molecule has 2 amide bonds. The lowest BCUT2D eigenvalue weighted by molar-refractivity contribution is -0.304. The van der Waals surface area contributed by atoms with Crippen LogP contribution in [0.5, 0.6) is 0 Å². The summed E-state index contributed by atoms with van der Waals surface area (Å²) in [5, 5.41) is 15.1. The highest BCUT2D eigenvalue weighted by atomic mass is 19.1. The number of benzene rings is 1. The molecule has 2 atom stereocenters. The Kier molecular flexibility index (Phi) is 7.14. The number of hydrogen-bond acceptors (Lipinski definition) is 5. The smallest absolute Gasteiger partial charge is 0.249 e. The molecule has 0 aliphatic carbocycles. The first-order valence-corrected chi connectivity index (χ1v) is 9.30. The van der Waals surface area contributed by atoms with E-state index in [4.69, 9.17) is 9.47 Å². The maximum atomic E-state index is 13.5. The van der Waals surface area contributed by atoms with Gasteiger partial charge in [-0.25, -0.2) is 4.39 Å². The fourth-order valence-corrected chi connectivity index (χ4v) is 2.82. The van der Waals surface area contributed by atoms with Crippen LogP contribution in [0.25, 0.3) is 0 Å². The van der Waals surface area contributed by atoms with E-state index in [9.17, 15) is 19.1 Å². The summed E-state index contributed by atoms with van der Waals surface area (Å²) in [7, 11) is 0. The zero-order valence-corrected chi connectivity index (χ0v) is 16.8. The van der Waals surface area contributed by atoms with Crippen LogP contribution < -0.4 is 10.6 Å². The van der Waals surface area contributed by atoms with Gasteiger partial charge in [0.1, 0.15) is 18.0 Å². The Bertz CT molecular complexity index is 708. The molecule has 1 aromatic rings. The van der Waals surface area contributed by atoms with Gasteiger partial charge in [0.25, 0.3) is 0 Å². The van der Waals surface area contributed by atoms with Crippen LogP contribution >= 0.6 is 0 Å². The Labute approximate surface area is 164 Å². The van der Waals surface area contributed by atoms with E-state index in [0.717, 1.165) is 0 Å². The summed E-state index contributed by atoms with van der Waals surface area (Å²) in [6.07, 6.45) is -1.99. The van der Waals surface area contributed by atoms with Crippen LogP contribution in [0.1, 0.15) is 39.7 Å². The first kappa shape index (κ1) is 22.3. The van der Waals surface area contributed by atoms with Crippen LogP contribution in [0.2, 0.25) is 0 Å². The number of carbonyl (C=O) groups is 2. The Hall–Kier alpha value is -2.03. The molecular weight excluding hydrogens is 367 g/mol. The van der Waals surface area contributed by atoms with E-state index in [2.05, 4.69) is 10.6 Å². The monoisotopic (exact) mass is 396 g/mol. The second kappa shape index (κ2) is 8.98. The largest absolute Gasteiger partial charge is 0.383 e. The zero-order chi connectivity index (χ0) is 20.9. The lowest BCUT2D eigenvalue weighted by Crippen LogP contribution is -2.56. The van der Waals surface area contributed by atoms with Gasteiger partial charge in [-0.3, -0.25) is 9.59 Å². The number of rotatable bonds is 7. The van der Waals surface area contributed by atoms with E-state index >= 15 is 0 Å². The van der Waals surface area contributed by atoms with Gasteiger partial charge >= 0.3 is 0 Å². The van der Waals surface area contributed by atoms with Crippen LogP contribution in [0.4, 0.5) is 4.39 Å². The number of amides is 2. The highest BCUT2D eigenvalue weighted by Gasteiger charge is 2.45. The molecule has 28 heavy (non-hydrogen) atoms. The summed E-state index contributed by atoms with van der Waals surface area (Å²) >= 11 is 0. The average molecular weight is 396 g/mol. The van der Waals surface area contributed by atoms with E-state index in [1.165, 1.54) is 6.07 Å². The number of carbonyl (C=O) groups excluding carboxylic acids is 2. The molecule has 1 aliphatic heterocycles. The molecule has 0 radical (unpaired) electrons. The predicted molar refractivity (Wildman–Crippen MR) is 101 cm³/mol. The molecule has 0 spiro atoms. The van der Waals surface area contributed by atoms with Gasteiger partial charge < -0.3 is 25.2 Å². The quantitative estimate of drug-likeness (QED) is 0.649. The summed E-state index contributed by atoms with van der Waals surface area (Å²) in [5.41, 5.74) is -0.173. The minimum atomic E-state index is -1.31. The van der Waals surface area contributed by atoms with Crippen molar-refractivity contribution in [1.82, 2.24) is 10.6 Å². The topological polar surface area (TPSA) is 96.9 Å². The van der Waals surface area contributed by atoms with Crippen LogP contribution in [0, 0.1) is 11.2 Å². The molecule has 2 unspecified atom stereocenters. The van der Waals surface area contributed by atoms with E-state index in [1.54, 1.807) is 32.0 Å². The van der Waals surface area contributed by atoms with E-state index < -0.39 is 35.1 Å². The first-order chi connectivity index (χ1) is 13.0. The van der Waals surface area contributed by atoms with Crippen molar-refractivity contribution in [2.75, 3.05) is 13.2 Å². The van der Waals surface area contributed by atoms with Gasteiger partial charge in [-0.2, -0.15) is 0 Å². The number of aliphatic hydroxyl groups is 1. The maximum Gasteiger partial charge on any atom is 0.249 e. The van der Waals surface area contributed by atoms with Crippen LogP contribution in [0.15, 0.2) is 24.3 Å². The minimum Gasteiger partial charge on any atom is -0.383 e. The Balaban J connectivity index is 1.77. The molecule has 2 rings (SSSR count). The van der Waals surface area contributed by atoms with Crippen molar-refractivity contribution in [3.8, 4) is 0 Å². The lowest BCUT2D eigenvalue weighted by Gasteiger charge is -2.44. The molecule has 1 aliphatic rings. The summed E-state index contributed by atoms with van der Waals surface area (Å²) in [5.74, 6) is -2.22. The summed E-state index contributed by atoms with van der Waals surface area (Å²) in [6, 6.07) is 6.08. The third-order valence-corrected chi connectivity index (χ3v) is 4.57. The molecule has 1 fully saturated rings. The van der Waals surface area contributed by atoms with Gasteiger partial charge in [0.2, 0.25) is 11.8 Å². The highest BCUT2D eigenvalue weighted by Crippen LogP contribution is 2.34. The summed E-state index contributed by atoms with van der Waals surface area (Å²) < 4.78 is 24.9. The van der Waals surface area contributed by atoms with Crippen molar-refractivity contribution in [3.63, 3.8) is 0 Å². The fraction of sp³-hybridized carbons (Fsp3) is 0.600. The van der Waals surface area contributed by atoms with Crippen molar-refractivity contribution < 1.29 is 28.6 Å². The van der Waals surface area contributed by atoms with Gasteiger partial charge in [-0.1, -0.05) is 32.0 Å². The number of aliphatic hydroxyl groups excluding tert-OH is 1. The standard InChI is InChI=1S/C20H29FN2O5/c1-19(2)12-27-20(3,4)28-16(19)18(26)22-10-9-15(24)17(25)23-11-13-7-5-6-8-14(13)21/h5-8,15-16,24H,9-12H2,1-4H3,(H,22,26)(H,23,25). The zero-order valence-electron chi connectivity index (χ0n) is 16.8. The van der Waals surface area contributed by atoms with Crippen molar-refractivity contribution in [2.24, 2.45) is 5.41 Å². The second-order valence-corrected chi connectivity index (χ2v) is 8.08. The molecule has 0 bridgehead atoms. The van der Waals surface area contributed by atoms with Crippen molar-refractivity contribution in [1.29, 1.82) is 0 Å². The van der Waals surface area contributed by atoms with Crippen molar-refractivity contribution >= 4 is 11.8 Å². The molecule has 0 saturated carbocycles. The normalized spacial score (nSPS) is 21.6. The van der Waals surface area contributed by atoms with Crippen LogP contribution in [-0.4, -0.2) is 48.1 Å². The van der Waals surface area contributed by atoms with Gasteiger partial charge in [0.05, 0.1) is 6.61 Å². The van der Waals surface area contributed by atoms with E-state index in [1.807, 2.05) is 13.8 Å².